The minimum absolute atomic E-state index is 0.0573. The normalized spacial score (nSPS) is 16.9. The van der Waals surface area contributed by atoms with Gasteiger partial charge in [-0.15, -0.1) is 0 Å². The zero-order valence-corrected chi connectivity index (χ0v) is 18.3. The smallest absolute Gasteiger partial charge is 0.351 e. The van der Waals surface area contributed by atoms with Crippen LogP contribution in [-0.4, -0.2) is 45.4 Å². The molecule has 7 nitrogen and oxygen atoms in total. The molecule has 1 aliphatic rings. The summed E-state index contributed by atoms with van der Waals surface area (Å²) in [6.07, 6.45) is -5.40. The van der Waals surface area contributed by atoms with Gasteiger partial charge in [0.15, 0.2) is 17.3 Å². The molecule has 13 heteroatoms. The predicted octanol–water partition coefficient (Wildman–Crippen LogP) is 2.93. The monoisotopic (exact) mass is 491 g/mol. The Morgan fingerprint density at radius 1 is 1.18 bits per heavy atom. The predicted molar refractivity (Wildman–Crippen MR) is 108 cm³/mol. The van der Waals surface area contributed by atoms with Gasteiger partial charge in [-0.25, -0.2) is 18.2 Å². The number of alkyl halides is 3. The molecule has 0 spiro atoms. The van der Waals surface area contributed by atoms with Crippen molar-refractivity contribution in [3.8, 4) is 0 Å². The summed E-state index contributed by atoms with van der Waals surface area (Å²) < 4.78 is 81.8. The highest BCUT2D eigenvalue weighted by Crippen LogP contribution is 2.36. The van der Waals surface area contributed by atoms with Gasteiger partial charge in [-0.1, -0.05) is 0 Å². The summed E-state index contributed by atoms with van der Waals surface area (Å²) in [5.74, 6) is -6.20. The SMILES string of the molecule is CCNC(=O)c1nc(C(F)(F)F)n2c1C(C)N(C(=O)C[C@H](N)Cc1cc(F)c(F)cc1F)CC2. The first kappa shape index (κ1) is 25.5. The Hall–Kier alpha value is -3.09. The molecule has 2 heterocycles. The third-order valence-electron chi connectivity index (χ3n) is 5.57. The molecule has 2 aromatic rings. The van der Waals surface area contributed by atoms with E-state index < -0.39 is 59.0 Å². The number of hydrogen-bond donors (Lipinski definition) is 2. The fraction of sp³-hybridized carbons (Fsp3) is 0.476. The lowest BCUT2D eigenvalue weighted by atomic mass is 10.0. The molecule has 0 aliphatic carbocycles. The van der Waals surface area contributed by atoms with Crippen LogP contribution >= 0.6 is 0 Å². The summed E-state index contributed by atoms with van der Waals surface area (Å²) in [5, 5.41) is 2.42. The lowest BCUT2D eigenvalue weighted by Crippen LogP contribution is -2.44. The molecule has 0 radical (unpaired) electrons. The van der Waals surface area contributed by atoms with Crippen molar-refractivity contribution in [1.29, 1.82) is 0 Å². The largest absolute Gasteiger partial charge is 0.449 e. The molecule has 1 aliphatic heterocycles. The Morgan fingerprint density at radius 2 is 1.82 bits per heavy atom. The maximum absolute atomic E-state index is 13.9. The van der Waals surface area contributed by atoms with Crippen molar-refractivity contribution < 1.29 is 35.9 Å². The van der Waals surface area contributed by atoms with Gasteiger partial charge < -0.3 is 20.5 Å². The minimum atomic E-state index is -4.80. The van der Waals surface area contributed by atoms with E-state index in [1.54, 1.807) is 6.92 Å². The summed E-state index contributed by atoms with van der Waals surface area (Å²) in [6, 6.07) is -0.864. The molecule has 0 saturated carbocycles. The fourth-order valence-corrected chi connectivity index (χ4v) is 4.05. The second-order valence-corrected chi connectivity index (χ2v) is 7.97. The van der Waals surface area contributed by atoms with Gasteiger partial charge in [0.2, 0.25) is 11.7 Å². The van der Waals surface area contributed by atoms with Crippen molar-refractivity contribution in [2.75, 3.05) is 13.1 Å². The highest BCUT2D eigenvalue weighted by Gasteiger charge is 2.43. The van der Waals surface area contributed by atoms with Crippen LogP contribution in [0.5, 0.6) is 0 Å². The maximum atomic E-state index is 13.9. The van der Waals surface area contributed by atoms with Crippen molar-refractivity contribution in [2.45, 2.75) is 51.5 Å². The van der Waals surface area contributed by atoms with Crippen LogP contribution in [0.3, 0.4) is 0 Å². The van der Waals surface area contributed by atoms with Crippen molar-refractivity contribution >= 4 is 11.8 Å². The molecular weight excluding hydrogens is 468 g/mol. The summed E-state index contributed by atoms with van der Waals surface area (Å²) in [5.41, 5.74) is 5.24. The third-order valence-corrected chi connectivity index (χ3v) is 5.57. The van der Waals surface area contributed by atoms with Gasteiger partial charge >= 0.3 is 6.18 Å². The van der Waals surface area contributed by atoms with Crippen LogP contribution in [0, 0.1) is 17.5 Å². The number of hydrogen-bond acceptors (Lipinski definition) is 4. The first-order chi connectivity index (χ1) is 15.8. The van der Waals surface area contributed by atoms with Gasteiger partial charge in [0.25, 0.3) is 5.91 Å². The number of carbonyl (C=O) groups excluding carboxylic acids is 2. The zero-order valence-electron chi connectivity index (χ0n) is 18.3. The van der Waals surface area contributed by atoms with Crippen LogP contribution in [0.15, 0.2) is 12.1 Å². The second kappa shape index (κ2) is 9.65. The number of imidazole rings is 1. The number of carbonyl (C=O) groups is 2. The summed E-state index contributed by atoms with van der Waals surface area (Å²) in [4.78, 5) is 30.1. The molecule has 3 rings (SSSR count). The van der Waals surface area contributed by atoms with Gasteiger partial charge in [-0.3, -0.25) is 9.59 Å². The van der Waals surface area contributed by atoms with Crippen LogP contribution in [0.1, 0.15) is 53.9 Å². The number of amides is 2. The first-order valence-electron chi connectivity index (χ1n) is 10.5. The van der Waals surface area contributed by atoms with E-state index in [0.29, 0.717) is 12.1 Å². The molecule has 1 unspecified atom stereocenters. The van der Waals surface area contributed by atoms with E-state index in [9.17, 15) is 35.9 Å². The number of halogens is 6. The quantitative estimate of drug-likeness (QED) is 0.480. The molecule has 34 heavy (non-hydrogen) atoms. The first-order valence-corrected chi connectivity index (χ1v) is 10.5. The van der Waals surface area contributed by atoms with Gasteiger partial charge in [0, 0.05) is 38.2 Å². The Morgan fingerprint density at radius 3 is 2.44 bits per heavy atom. The highest BCUT2D eigenvalue weighted by molar-refractivity contribution is 5.94. The molecule has 0 saturated heterocycles. The van der Waals surface area contributed by atoms with Crippen LogP contribution in [0.25, 0.3) is 0 Å². The Balaban J connectivity index is 1.82. The standard InChI is InChI=1S/C21H23F6N5O2/c1-3-29-19(34)17-18-10(2)31(4-5-32(18)20(30-17)21(25,26)27)16(33)8-12(28)6-11-7-14(23)15(24)9-13(11)22/h7,9-10,12H,3-6,8,28H2,1-2H3,(H,29,34)/t10?,12-/m1/s1. The van der Waals surface area contributed by atoms with Gasteiger partial charge in [0.05, 0.1) is 11.7 Å². The molecule has 0 bridgehead atoms. The Kier molecular flexibility index (Phi) is 7.24. The number of benzene rings is 1. The van der Waals surface area contributed by atoms with E-state index in [1.165, 1.54) is 11.8 Å². The number of aromatic nitrogens is 2. The van der Waals surface area contributed by atoms with Crippen LogP contribution in [0.2, 0.25) is 0 Å². The lowest BCUT2D eigenvalue weighted by molar-refractivity contribution is -0.148. The number of fused-ring (bicyclic) bond motifs is 1. The van der Waals surface area contributed by atoms with E-state index in [0.717, 1.165) is 4.57 Å². The van der Waals surface area contributed by atoms with Crippen LogP contribution < -0.4 is 11.1 Å². The lowest BCUT2D eigenvalue weighted by Gasteiger charge is -2.36. The van der Waals surface area contributed by atoms with Crippen molar-refractivity contribution in [3.05, 3.63) is 52.4 Å². The number of rotatable bonds is 6. The summed E-state index contributed by atoms with van der Waals surface area (Å²) >= 11 is 0. The number of nitrogens with one attached hydrogen (secondary N) is 1. The molecule has 2 atom stereocenters. The van der Waals surface area contributed by atoms with Gasteiger partial charge in [-0.2, -0.15) is 13.2 Å². The van der Waals surface area contributed by atoms with E-state index >= 15 is 0 Å². The van der Waals surface area contributed by atoms with E-state index in [-0.39, 0.29) is 43.7 Å². The van der Waals surface area contributed by atoms with E-state index in [2.05, 4.69) is 10.3 Å². The number of nitrogens with two attached hydrogens (primary N) is 1. The van der Waals surface area contributed by atoms with E-state index in [4.69, 9.17) is 5.73 Å². The molecule has 3 N–H and O–H groups in total. The minimum Gasteiger partial charge on any atom is -0.351 e. The number of nitrogens with zero attached hydrogens (tertiary/aromatic N) is 3. The summed E-state index contributed by atoms with van der Waals surface area (Å²) in [7, 11) is 0. The average molecular weight is 491 g/mol. The Bertz CT molecular complexity index is 1100. The highest BCUT2D eigenvalue weighted by atomic mass is 19.4. The molecule has 0 fully saturated rings. The summed E-state index contributed by atoms with van der Waals surface area (Å²) in [6.45, 7) is 2.88. The van der Waals surface area contributed by atoms with E-state index in [1.807, 2.05) is 0 Å². The van der Waals surface area contributed by atoms with Crippen molar-refractivity contribution in [3.63, 3.8) is 0 Å². The topological polar surface area (TPSA) is 93.2 Å². The van der Waals surface area contributed by atoms with Crippen LogP contribution in [-0.2, 0) is 23.9 Å². The van der Waals surface area contributed by atoms with Gasteiger partial charge in [0.1, 0.15) is 5.82 Å². The second-order valence-electron chi connectivity index (χ2n) is 7.97. The third kappa shape index (κ3) is 5.03. The fourth-order valence-electron chi connectivity index (χ4n) is 4.05. The molecule has 2 amide bonds. The van der Waals surface area contributed by atoms with Crippen LogP contribution in [0.4, 0.5) is 26.3 Å². The average Bonchev–Trinajstić information content (AvgIpc) is 3.13. The van der Waals surface area contributed by atoms with Gasteiger partial charge in [-0.05, 0) is 31.9 Å². The Labute approximate surface area is 190 Å². The zero-order chi connectivity index (χ0) is 25.4. The van der Waals surface area contributed by atoms with Crippen molar-refractivity contribution in [2.24, 2.45) is 5.73 Å². The molecular formula is C21H23F6N5O2. The maximum Gasteiger partial charge on any atom is 0.449 e. The molecule has 1 aromatic heterocycles. The molecule has 186 valence electrons. The molecule has 1 aromatic carbocycles. The van der Waals surface area contributed by atoms with Crippen molar-refractivity contribution in [1.82, 2.24) is 19.8 Å².